The van der Waals surface area contributed by atoms with Gasteiger partial charge in [0, 0.05) is 16.4 Å². The number of likely N-dealkylation sites (N-methyl/N-ethyl adjacent to an activating group) is 1. The second-order valence-electron chi connectivity index (χ2n) is 5.02. The molecule has 1 heterocycles. The van der Waals surface area contributed by atoms with E-state index in [9.17, 15) is 4.79 Å². The van der Waals surface area contributed by atoms with Crippen molar-refractivity contribution in [3.8, 4) is 0 Å². The Labute approximate surface area is 134 Å². The van der Waals surface area contributed by atoms with E-state index in [0.717, 1.165) is 15.5 Å². The Kier molecular flexibility index (Phi) is 5.79. The molecule has 0 aliphatic heterocycles. The van der Waals surface area contributed by atoms with Crippen LogP contribution in [0.2, 0.25) is 5.02 Å². The van der Waals surface area contributed by atoms with Gasteiger partial charge in [0.05, 0.1) is 12.6 Å². The zero-order valence-electron chi connectivity index (χ0n) is 12.2. The Morgan fingerprint density at radius 3 is 2.86 bits per heavy atom. The van der Waals surface area contributed by atoms with E-state index in [4.69, 9.17) is 11.6 Å². The standard InChI is InChI=1S/C16H19ClN2OS/c1-12(16(20)18-10-15-7-4-8-21-15)19(2)11-13-5-3-6-14(17)9-13/h3-9,12H,10-11H2,1-2H3,(H,18,20). The third kappa shape index (κ3) is 4.84. The average molecular weight is 323 g/mol. The molecule has 1 N–H and O–H groups in total. The fourth-order valence-corrected chi connectivity index (χ4v) is 2.85. The Balaban J connectivity index is 1.86. The first-order valence-corrected chi connectivity index (χ1v) is 8.07. The van der Waals surface area contributed by atoms with Crippen LogP contribution in [0, 0.1) is 0 Å². The molecule has 2 aromatic rings. The quantitative estimate of drug-likeness (QED) is 0.882. The van der Waals surface area contributed by atoms with Gasteiger partial charge in [-0.3, -0.25) is 9.69 Å². The summed E-state index contributed by atoms with van der Waals surface area (Å²) in [5.41, 5.74) is 1.10. The summed E-state index contributed by atoms with van der Waals surface area (Å²) >= 11 is 7.63. The molecule has 1 unspecified atom stereocenters. The number of halogens is 1. The minimum absolute atomic E-state index is 0.0351. The van der Waals surface area contributed by atoms with Crippen LogP contribution >= 0.6 is 22.9 Å². The summed E-state index contributed by atoms with van der Waals surface area (Å²) in [6.07, 6.45) is 0. The zero-order chi connectivity index (χ0) is 15.2. The maximum absolute atomic E-state index is 12.2. The van der Waals surface area contributed by atoms with E-state index in [-0.39, 0.29) is 11.9 Å². The number of carbonyl (C=O) groups excluding carboxylic acids is 1. The van der Waals surface area contributed by atoms with Crippen molar-refractivity contribution in [1.29, 1.82) is 0 Å². The first-order valence-electron chi connectivity index (χ1n) is 6.81. The third-order valence-electron chi connectivity index (χ3n) is 3.38. The molecule has 112 valence electrons. The SMILES string of the molecule is CC(C(=O)NCc1cccs1)N(C)Cc1cccc(Cl)c1. The zero-order valence-corrected chi connectivity index (χ0v) is 13.7. The lowest BCUT2D eigenvalue weighted by Crippen LogP contribution is -2.42. The second-order valence-corrected chi connectivity index (χ2v) is 6.49. The van der Waals surface area contributed by atoms with E-state index >= 15 is 0 Å². The Hall–Kier alpha value is -1.36. The van der Waals surface area contributed by atoms with Crippen molar-refractivity contribution in [2.24, 2.45) is 0 Å². The number of amides is 1. The monoisotopic (exact) mass is 322 g/mol. The molecular weight excluding hydrogens is 304 g/mol. The maximum Gasteiger partial charge on any atom is 0.237 e. The molecule has 0 aliphatic carbocycles. The fourth-order valence-electron chi connectivity index (χ4n) is 2.00. The molecule has 0 radical (unpaired) electrons. The summed E-state index contributed by atoms with van der Waals surface area (Å²) in [4.78, 5) is 15.3. The van der Waals surface area contributed by atoms with Gasteiger partial charge >= 0.3 is 0 Å². The fraction of sp³-hybridized carbons (Fsp3) is 0.312. The van der Waals surface area contributed by atoms with Gasteiger partial charge < -0.3 is 5.32 Å². The van der Waals surface area contributed by atoms with Gasteiger partial charge in [0.25, 0.3) is 0 Å². The first-order chi connectivity index (χ1) is 10.1. The molecule has 2 rings (SSSR count). The van der Waals surface area contributed by atoms with Crippen LogP contribution in [-0.4, -0.2) is 23.9 Å². The van der Waals surface area contributed by atoms with Crippen LogP contribution in [0.3, 0.4) is 0 Å². The minimum Gasteiger partial charge on any atom is -0.350 e. The lowest BCUT2D eigenvalue weighted by Gasteiger charge is -2.24. The summed E-state index contributed by atoms with van der Waals surface area (Å²) in [5.74, 6) is 0.0351. The number of nitrogens with one attached hydrogen (secondary N) is 1. The average Bonchev–Trinajstić information content (AvgIpc) is 2.97. The van der Waals surface area contributed by atoms with Gasteiger partial charge in [0.1, 0.15) is 0 Å². The lowest BCUT2D eigenvalue weighted by atomic mass is 10.2. The van der Waals surface area contributed by atoms with Crippen LogP contribution < -0.4 is 5.32 Å². The summed E-state index contributed by atoms with van der Waals surface area (Å²) < 4.78 is 0. The van der Waals surface area contributed by atoms with Crippen molar-refractivity contribution in [3.63, 3.8) is 0 Å². The Morgan fingerprint density at radius 2 is 2.19 bits per heavy atom. The van der Waals surface area contributed by atoms with E-state index in [1.165, 1.54) is 0 Å². The number of carbonyl (C=O) groups is 1. The van der Waals surface area contributed by atoms with Crippen LogP contribution in [0.25, 0.3) is 0 Å². The third-order valence-corrected chi connectivity index (χ3v) is 4.49. The van der Waals surface area contributed by atoms with Gasteiger partial charge in [-0.05, 0) is 43.1 Å². The Morgan fingerprint density at radius 1 is 1.38 bits per heavy atom. The topological polar surface area (TPSA) is 32.3 Å². The molecule has 0 bridgehead atoms. The highest BCUT2D eigenvalue weighted by atomic mass is 35.5. The molecule has 0 fully saturated rings. The lowest BCUT2D eigenvalue weighted by molar-refractivity contribution is -0.125. The van der Waals surface area contributed by atoms with Gasteiger partial charge in [-0.15, -0.1) is 11.3 Å². The van der Waals surface area contributed by atoms with Crippen molar-refractivity contribution in [1.82, 2.24) is 10.2 Å². The Bertz CT molecular complexity index is 586. The van der Waals surface area contributed by atoms with Crippen LogP contribution in [0.1, 0.15) is 17.4 Å². The highest BCUT2D eigenvalue weighted by molar-refractivity contribution is 7.09. The van der Waals surface area contributed by atoms with Crippen LogP contribution in [-0.2, 0) is 17.9 Å². The molecule has 1 aromatic carbocycles. The normalized spacial score (nSPS) is 12.4. The molecule has 21 heavy (non-hydrogen) atoms. The van der Waals surface area contributed by atoms with Gasteiger partial charge in [-0.2, -0.15) is 0 Å². The number of benzene rings is 1. The predicted molar refractivity (Wildman–Crippen MR) is 88.5 cm³/mol. The minimum atomic E-state index is -0.191. The smallest absolute Gasteiger partial charge is 0.237 e. The van der Waals surface area contributed by atoms with Gasteiger partial charge in [-0.25, -0.2) is 0 Å². The first kappa shape index (κ1) is 16.0. The molecule has 1 atom stereocenters. The predicted octanol–water partition coefficient (Wildman–Crippen LogP) is 3.54. The van der Waals surface area contributed by atoms with Crippen molar-refractivity contribution in [2.75, 3.05) is 7.05 Å². The molecule has 1 aromatic heterocycles. The summed E-state index contributed by atoms with van der Waals surface area (Å²) in [5, 5.41) is 5.69. The van der Waals surface area contributed by atoms with Crippen molar-refractivity contribution in [3.05, 3.63) is 57.2 Å². The number of rotatable bonds is 6. The van der Waals surface area contributed by atoms with Crippen LogP contribution in [0.15, 0.2) is 41.8 Å². The van der Waals surface area contributed by atoms with E-state index in [1.54, 1.807) is 11.3 Å². The molecule has 0 saturated carbocycles. The van der Waals surface area contributed by atoms with E-state index in [2.05, 4.69) is 5.32 Å². The van der Waals surface area contributed by atoms with Crippen molar-refractivity contribution < 1.29 is 4.79 Å². The molecular formula is C16H19ClN2OS. The summed E-state index contributed by atoms with van der Waals surface area (Å²) in [6, 6.07) is 11.5. The number of thiophene rings is 1. The van der Waals surface area contributed by atoms with Gasteiger partial charge in [0.2, 0.25) is 5.91 Å². The van der Waals surface area contributed by atoms with Crippen LogP contribution in [0.4, 0.5) is 0 Å². The molecule has 1 amide bonds. The molecule has 0 spiro atoms. The van der Waals surface area contributed by atoms with E-state index < -0.39 is 0 Å². The number of nitrogens with zero attached hydrogens (tertiary/aromatic N) is 1. The number of hydrogen-bond donors (Lipinski definition) is 1. The molecule has 0 aliphatic rings. The van der Waals surface area contributed by atoms with Gasteiger partial charge in [-0.1, -0.05) is 29.8 Å². The maximum atomic E-state index is 12.2. The number of hydrogen-bond acceptors (Lipinski definition) is 3. The highest BCUT2D eigenvalue weighted by Crippen LogP contribution is 2.13. The molecule has 5 heteroatoms. The molecule has 0 saturated heterocycles. The van der Waals surface area contributed by atoms with Crippen molar-refractivity contribution in [2.45, 2.75) is 26.1 Å². The van der Waals surface area contributed by atoms with Crippen molar-refractivity contribution >= 4 is 28.8 Å². The van der Waals surface area contributed by atoms with E-state index in [1.807, 2.05) is 60.6 Å². The van der Waals surface area contributed by atoms with Crippen LogP contribution in [0.5, 0.6) is 0 Å². The summed E-state index contributed by atoms with van der Waals surface area (Å²) in [7, 11) is 1.94. The molecule has 3 nitrogen and oxygen atoms in total. The highest BCUT2D eigenvalue weighted by Gasteiger charge is 2.17. The second kappa shape index (κ2) is 7.59. The van der Waals surface area contributed by atoms with E-state index in [0.29, 0.717) is 13.1 Å². The largest absolute Gasteiger partial charge is 0.350 e. The van der Waals surface area contributed by atoms with Gasteiger partial charge in [0.15, 0.2) is 0 Å². The summed E-state index contributed by atoms with van der Waals surface area (Å²) in [6.45, 7) is 3.19.